The van der Waals surface area contributed by atoms with Crippen LogP contribution < -0.4 is 15.0 Å². The Labute approximate surface area is 167 Å². The third kappa shape index (κ3) is 3.71. The van der Waals surface area contributed by atoms with Crippen molar-refractivity contribution in [3.8, 4) is 5.75 Å². The molecule has 0 saturated carbocycles. The number of hydrogen-bond donors (Lipinski definition) is 1. The van der Waals surface area contributed by atoms with E-state index < -0.39 is 0 Å². The largest absolute Gasteiger partial charge is 0.494 e. The topological polar surface area (TPSA) is 71.5 Å². The van der Waals surface area contributed by atoms with Gasteiger partial charge in [-0.1, -0.05) is 0 Å². The summed E-state index contributed by atoms with van der Waals surface area (Å²) in [6.45, 7) is 4.85. The van der Waals surface area contributed by atoms with Crippen molar-refractivity contribution in [1.29, 1.82) is 0 Å². The van der Waals surface area contributed by atoms with Crippen molar-refractivity contribution < 1.29 is 14.3 Å². The summed E-state index contributed by atoms with van der Waals surface area (Å²) in [5.74, 6) is 0.186. The van der Waals surface area contributed by atoms with Crippen LogP contribution in [0.5, 0.6) is 5.75 Å². The zero-order chi connectivity index (χ0) is 19.7. The maximum absolute atomic E-state index is 12.6. The molecule has 0 aliphatic carbocycles. The highest BCUT2D eigenvalue weighted by atomic mass is 32.1. The molecule has 7 heteroatoms. The molecule has 28 heavy (non-hydrogen) atoms. The SMILES string of the molecule is CCOc1ccc(NC(=O)C2CC(=O)N(c3ccc4sc(C)nc4c3)C2)cc1. The summed E-state index contributed by atoms with van der Waals surface area (Å²) in [4.78, 5) is 31.3. The van der Waals surface area contributed by atoms with E-state index in [1.165, 1.54) is 0 Å². The van der Waals surface area contributed by atoms with Crippen molar-refractivity contribution in [2.75, 3.05) is 23.4 Å². The highest BCUT2D eigenvalue weighted by molar-refractivity contribution is 7.18. The van der Waals surface area contributed by atoms with E-state index in [2.05, 4.69) is 10.3 Å². The van der Waals surface area contributed by atoms with Crippen LogP contribution in [0.4, 0.5) is 11.4 Å². The molecule has 1 atom stereocenters. The summed E-state index contributed by atoms with van der Waals surface area (Å²) in [6, 6.07) is 13.1. The molecule has 1 fully saturated rings. The molecule has 0 radical (unpaired) electrons. The minimum absolute atomic E-state index is 0.0434. The average Bonchev–Trinajstić information content (AvgIpc) is 3.24. The molecule has 3 aromatic rings. The second-order valence-corrected chi connectivity index (χ2v) is 7.97. The molecule has 144 valence electrons. The Bertz CT molecular complexity index is 1030. The Kier molecular flexibility index (Phi) is 5.00. The summed E-state index contributed by atoms with van der Waals surface area (Å²) < 4.78 is 6.50. The molecule has 1 saturated heterocycles. The number of anilines is 2. The van der Waals surface area contributed by atoms with Crippen LogP contribution in [0.25, 0.3) is 10.2 Å². The monoisotopic (exact) mass is 395 g/mol. The molecular formula is C21H21N3O3S. The van der Waals surface area contributed by atoms with Gasteiger partial charge in [0.25, 0.3) is 0 Å². The maximum atomic E-state index is 12.6. The average molecular weight is 395 g/mol. The van der Waals surface area contributed by atoms with E-state index >= 15 is 0 Å². The summed E-state index contributed by atoms with van der Waals surface area (Å²) in [5, 5.41) is 3.89. The lowest BCUT2D eigenvalue weighted by Crippen LogP contribution is -2.28. The summed E-state index contributed by atoms with van der Waals surface area (Å²) in [7, 11) is 0. The summed E-state index contributed by atoms with van der Waals surface area (Å²) in [5.41, 5.74) is 2.37. The lowest BCUT2D eigenvalue weighted by atomic mass is 10.1. The van der Waals surface area contributed by atoms with E-state index in [0.29, 0.717) is 18.8 Å². The number of benzene rings is 2. The van der Waals surface area contributed by atoms with Gasteiger partial charge >= 0.3 is 0 Å². The van der Waals surface area contributed by atoms with Crippen LogP contribution in [0.2, 0.25) is 0 Å². The number of ether oxygens (including phenoxy) is 1. The molecule has 2 heterocycles. The number of hydrogen-bond acceptors (Lipinski definition) is 5. The van der Waals surface area contributed by atoms with Gasteiger partial charge < -0.3 is 15.0 Å². The third-order valence-electron chi connectivity index (χ3n) is 4.72. The van der Waals surface area contributed by atoms with E-state index in [0.717, 1.165) is 26.7 Å². The van der Waals surface area contributed by atoms with Gasteiger partial charge in [-0.3, -0.25) is 9.59 Å². The Morgan fingerprint density at radius 1 is 1.29 bits per heavy atom. The number of rotatable bonds is 5. The van der Waals surface area contributed by atoms with E-state index in [1.807, 2.05) is 44.2 Å². The van der Waals surface area contributed by atoms with E-state index in [1.54, 1.807) is 28.4 Å². The highest BCUT2D eigenvalue weighted by Crippen LogP contribution is 2.30. The molecule has 0 bridgehead atoms. The molecule has 4 rings (SSSR count). The molecular weight excluding hydrogens is 374 g/mol. The number of fused-ring (bicyclic) bond motifs is 1. The molecule has 1 unspecified atom stereocenters. The van der Waals surface area contributed by atoms with Crippen molar-refractivity contribution in [2.45, 2.75) is 20.3 Å². The van der Waals surface area contributed by atoms with Gasteiger partial charge in [0.05, 0.1) is 27.7 Å². The second-order valence-electron chi connectivity index (χ2n) is 6.74. The first-order valence-electron chi connectivity index (χ1n) is 9.25. The van der Waals surface area contributed by atoms with Gasteiger partial charge in [-0.25, -0.2) is 4.98 Å². The van der Waals surface area contributed by atoms with Gasteiger partial charge in [0.1, 0.15) is 5.75 Å². The smallest absolute Gasteiger partial charge is 0.229 e. The van der Waals surface area contributed by atoms with Crippen LogP contribution in [-0.4, -0.2) is 29.9 Å². The number of thiazole rings is 1. The zero-order valence-electron chi connectivity index (χ0n) is 15.8. The summed E-state index contributed by atoms with van der Waals surface area (Å²) >= 11 is 1.63. The number of aromatic nitrogens is 1. The molecule has 6 nitrogen and oxygen atoms in total. The number of nitrogens with zero attached hydrogens (tertiary/aromatic N) is 2. The van der Waals surface area contributed by atoms with Gasteiger partial charge in [-0.2, -0.15) is 0 Å². The maximum Gasteiger partial charge on any atom is 0.229 e. The second kappa shape index (κ2) is 7.59. The van der Waals surface area contributed by atoms with Crippen LogP contribution in [0.3, 0.4) is 0 Å². The fourth-order valence-corrected chi connectivity index (χ4v) is 4.18. The van der Waals surface area contributed by atoms with E-state index in [4.69, 9.17) is 4.74 Å². The van der Waals surface area contributed by atoms with Crippen molar-refractivity contribution in [3.63, 3.8) is 0 Å². The van der Waals surface area contributed by atoms with Crippen LogP contribution in [0, 0.1) is 12.8 Å². The lowest BCUT2D eigenvalue weighted by molar-refractivity contribution is -0.122. The molecule has 0 spiro atoms. The van der Waals surface area contributed by atoms with Crippen molar-refractivity contribution in [2.24, 2.45) is 5.92 Å². The Morgan fingerprint density at radius 3 is 2.82 bits per heavy atom. The number of amides is 2. The van der Waals surface area contributed by atoms with Gasteiger partial charge in [-0.15, -0.1) is 11.3 Å². The van der Waals surface area contributed by atoms with Crippen LogP contribution in [0.1, 0.15) is 18.4 Å². The highest BCUT2D eigenvalue weighted by Gasteiger charge is 2.35. The molecule has 1 aromatic heterocycles. The fourth-order valence-electron chi connectivity index (χ4n) is 3.38. The summed E-state index contributed by atoms with van der Waals surface area (Å²) in [6.07, 6.45) is 0.205. The Balaban J connectivity index is 1.45. The number of nitrogens with one attached hydrogen (secondary N) is 1. The van der Waals surface area contributed by atoms with Gasteiger partial charge in [0, 0.05) is 24.3 Å². The lowest BCUT2D eigenvalue weighted by Gasteiger charge is -2.16. The Hall–Kier alpha value is -2.93. The van der Waals surface area contributed by atoms with Gasteiger partial charge in [-0.05, 0) is 56.3 Å². The predicted octanol–water partition coefficient (Wildman–Crippen LogP) is 4.00. The van der Waals surface area contributed by atoms with Crippen LogP contribution in [-0.2, 0) is 9.59 Å². The van der Waals surface area contributed by atoms with Gasteiger partial charge in [0.15, 0.2) is 0 Å². The minimum atomic E-state index is -0.382. The predicted molar refractivity (Wildman–Crippen MR) is 111 cm³/mol. The standard InChI is InChI=1S/C21H21N3O3S/c1-3-27-17-7-4-15(5-8-17)23-21(26)14-10-20(25)24(12-14)16-6-9-19-18(11-16)22-13(2)28-19/h4-9,11,14H,3,10,12H2,1-2H3,(H,23,26). The first kappa shape index (κ1) is 18.4. The van der Waals surface area contributed by atoms with Crippen molar-refractivity contribution in [1.82, 2.24) is 4.98 Å². The fraction of sp³-hybridized carbons (Fsp3) is 0.286. The van der Waals surface area contributed by atoms with Gasteiger partial charge in [0.2, 0.25) is 11.8 Å². The molecule has 1 aliphatic rings. The molecule has 2 aromatic carbocycles. The molecule has 1 aliphatic heterocycles. The van der Waals surface area contributed by atoms with E-state index in [9.17, 15) is 9.59 Å². The first-order chi connectivity index (χ1) is 13.5. The van der Waals surface area contributed by atoms with Crippen LogP contribution >= 0.6 is 11.3 Å². The quantitative estimate of drug-likeness (QED) is 0.709. The zero-order valence-corrected chi connectivity index (χ0v) is 16.6. The number of aryl methyl sites for hydroxylation is 1. The number of carbonyl (C=O) groups excluding carboxylic acids is 2. The molecule has 2 amide bonds. The number of carbonyl (C=O) groups is 2. The molecule has 1 N–H and O–H groups in total. The Morgan fingerprint density at radius 2 is 2.07 bits per heavy atom. The van der Waals surface area contributed by atoms with Crippen molar-refractivity contribution >= 4 is 44.7 Å². The van der Waals surface area contributed by atoms with Crippen molar-refractivity contribution in [3.05, 3.63) is 47.5 Å². The minimum Gasteiger partial charge on any atom is -0.494 e. The normalized spacial score (nSPS) is 16.6. The van der Waals surface area contributed by atoms with E-state index in [-0.39, 0.29) is 24.2 Å². The third-order valence-corrected chi connectivity index (χ3v) is 5.67. The van der Waals surface area contributed by atoms with Crippen LogP contribution in [0.15, 0.2) is 42.5 Å². The first-order valence-corrected chi connectivity index (χ1v) is 10.1.